The van der Waals surface area contributed by atoms with Crippen molar-refractivity contribution in [3.05, 3.63) is 17.8 Å². The standard InChI is InChI=1S/C7H4ClF3N2O2/c8-6(14)3-1-5(13-2-4(3)12)15-7(9,10)11/h1-2H,12H2. The van der Waals surface area contributed by atoms with Crippen molar-refractivity contribution in [2.75, 3.05) is 5.73 Å². The van der Waals surface area contributed by atoms with Crippen LogP contribution in [0.2, 0.25) is 0 Å². The van der Waals surface area contributed by atoms with E-state index < -0.39 is 17.5 Å². The van der Waals surface area contributed by atoms with E-state index in [0.29, 0.717) is 0 Å². The maximum Gasteiger partial charge on any atom is 0.574 e. The summed E-state index contributed by atoms with van der Waals surface area (Å²) in [4.78, 5) is 13.9. The molecule has 0 radical (unpaired) electrons. The van der Waals surface area contributed by atoms with Crippen LogP contribution in [0.25, 0.3) is 0 Å². The Balaban J connectivity index is 3.03. The Morgan fingerprint density at radius 1 is 1.53 bits per heavy atom. The smallest absolute Gasteiger partial charge is 0.397 e. The zero-order valence-corrected chi connectivity index (χ0v) is 7.76. The van der Waals surface area contributed by atoms with Crippen molar-refractivity contribution < 1.29 is 22.7 Å². The van der Waals surface area contributed by atoms with Crippen molar-refractivity contribution in [2.24, 2.45) is 0 Å². The molecule has 1 heterocycles. The molecule has 82 valence electrons. The molecule has 2 N–H and O–H groups in total. The van der Waals surface area contributed by atoms with E-state index in [1.807, 2.05) is 0 Å². The number of alkyl halides is 3. The molecule has 1 aromatic heterocycles. The Morgan fingerprint density at radius 2 is 2.13 bits per heavy atom. The summed E-state index contributed by atoms with van der Waals surface area (Å²) in [5, 5.41) is -0.984. The molecule has 15 heavy (non-hydrogen) atoms. The van der Waals surface area contributed by atoms with Gasteiger partial charge >= 0.3 is 6.36 Å². The fourth-order valence-electron chi connectivity index (χ4n) is 0.791. The van der Waals surface area contributed by atoms with Gasteiger partial charge in [0.05, 0.1) is 17.4 Å². The monoisotopic (exact) mass is 240 g/mol. The summed E-state index contributed by atoms with van der Waals surface area (Å²) in [7, 11) is 0. The van der Waals surface area contributed by atoms with Crippen molar-refractivity contribution in [1.82, 2.24) is 4.98 Å². The van der Waals surface area contributed by atoms with Crippen molar-refractivity contribution in [2.45, 2.75) is 6.36 Å². The van der Waals surface area contributed by atoms with E-state index in [2.05, 4.69) is 9.72 Å². The van der Waals surface area contributed by atoms with Gasteiger partial charge in [0.1, 0.15) is 0 Å². The van der Waals surface area contributed by atoms with Crippen LogP contribution in [-0.2, 0) is 0 Å². The van der Waals surface area contributed by atoms with E-state index in [1.165, 1.54) is 0 Å². The Hall–Kier alpha value is -1.50. The lowest BCUT2D eigenvalue weighted by molar-refractivity contribution is -0.276. The maximum absolute atomic E-state index is 11.8. The second-order valence-electron chi connectivity index (χ2n) is 2.43. The molecule has 1 rings (SSSR count). The summed E-state index contributed by atoms with van der Waals surface area (Å²) in [5.41, 5.74) is 4.84. The third-order valence-corrected chi connectivity index (χ3v) is 1.55. The number of aromatic nitrogens is 1. The summed E-state index contributed by atoms with van der Waals surface area (Å²) in [6.07, 6.45) is -4.02. The first-order valence-electron chi connectivity index (χ1n) is 3.50. The molecule has 0 saturated heterocycles. The molecule has 0 atom stereocenters. The fourth-order valence-corrected chi connectivity index (χ4v) is 0.955. The van der Waals surface area contributed by atoms with E-state index in [0.717, 1.165) is 12.3 Å². The number of anilines is 1. The normalized spacial score (nSPS) is 11.2. The van der Waals surface area contributed by atoms with E-state index in [1.54, 1.807) is 0 Å². The van der Waals surface area contributed by atoms with Gasteiger partial charge in [-0.1, -0.05) is 0 Å². The van der Waals surface area contributed by atoms with Crippen LogP contribution >= 0.6 is 11.6 Å². The number of hydrogen-bond donors (Lipinski definition) is 1. The number of nitrogens with zero attached hydrogens (tertiary/aromatic N) is 1. The summed E-state index contributed by atoms with van der Waals surface area (Å²) < 4.78 is 38.8. The molecule has 0 aliphatic rings. The van der Waals surface area contributed by atoms with Gasteiger partial charge in [-0.05, 0) is 11.6 Å². The summed E-state index contributed by atoms with van der Waals surface area (Å²) >= 11 is 5.07. The highest BCUT2D eigenvalue weighted by Gasteiger charge is 2.32. The van der Waals surface area contributed by atoms with Crippen LogP contribution in [0.4, 0.5) is 18.9 Å². The number of pyridine rings is 1. The molecule has 0 spiro atoms. The van der Waals surface area contributed by atoms with Crippen LogP contribution in [0.5, 0.6) is 5.88 Å². The van der Waals surface area contributed by atoms with Gasteiger partial charge in [-0.25, -0.2) is 4.98 Å². The quantitative estimate of drug-likeness (QED) is 0.803. The third-order valence-electron chi connectivity index (χ3n) is 1.34. The third kappa shape index (κ3) is 3.28. The molecule has 0 aromatic carbocycles. The lowest BCUT2D eigenvalue weighted by atomic mass is 10.2. The first kappa shape index (κ1) is 11.6. The molecule has 0 bridgehead atoms. The van der Waals surface area contributed by atoms with Gasteiger partial charge in [0.2, 0.25) is 5.88 Å². The van der Waals surface area contributed by atoms with Gasteiger partial charge in [0, 0.05) is 6.07 Å². The predicted molar refractivity (Wildman–Crippen MR) is 45.5 cm³/mol. The molecule has 0 fully saturated rings. The van der Waals surface area contributed by atoms with Gasteiger partial charge in [0.25, 0.3) is 5.24 Å². The highest BCUT2D eigenvalue weighted by atomic mass is 35.5. The molecule has 8 heteroatoms. The largest absolute Gasteiger partial charge is 0.574 e. The number of nitrogens with two attached hydrogens (primary N) is 1. The Labute approximate surface area is 86.8 Å². The first-order valence-corrected chi connectivity index (χ1v) is 3.88. The van der Waals surface area contributed by atoms with Crippen LogP contribution in [0.1, 0.15) is 10.4 Å². The maximum atomic E-state index is 11.8. The summed E-state index contributed by atoms with van der Waals surface area (Å²) in [5.74, 6) is -0.791. The molecule has 0 amide bonds. The van der Waals surface area contributed by atoms with Crippen molar-refractivity contribution in [3.8, 4) is 5.88 Å². The van der Waals surface area contributed by atoms with Crippen LogP contribution in [0.3, 0.4) is 0 Å². The van der Waals surface area contributed by atoms with Crippen molar-refractivity contribution in [3.63, 3.8) is 0 Å². The first-order chi connectivity index (χ1) is 6.79. The average Bonchev–Trinajstić information content (AvgIpc) is 2.05. The van der Waals surface area contributed by atoms with Gasteiger partial charge in [-0.15, -0.1) is 13.2 Å². The number of carbonyl (C=O) groups is 1. The zero-order chi connectivity index (χ0) is 11.6. The van der Waals surface area contributed by atoms with Gasteiger partial charge in [0.15, 0.2) is 0 Å². The number of carbonyl (C=O) groups excluding carboxylic acids is 1. The van der Waals surface area contributed by atoms with Gasteiger partial charge in [-0.2, -0.15) is 0 Å². The predicted octanol–water partition coefficient (Wildman–Crippen LogP) is 1.94. The fraction of sp³-hybridized carbons (Fsp3) is 0.143. The second-order valence-corrected chi connectivity index (χ2v) is 2.77. The van der Waals surface area contributed by atoms with E-state index >= 15 is 0 Å². The molecule has 0 unspecified atom stereocenters. The minimum absolute atomic E-state index is 0.121. The molecule has 1 aromatic rings. The van der Waals surface area contributed by atoms with E-state index in [9.17, 15) is 18.0 Å². The lowest BCUT2D eigenvalue weighted by Crippen LogP contribution is -2.18. The van der Waals surface area contributed by atoms with Crippen LogP contribution < -0.4 is 10.5 Å². The van der Waals surface area contributed by atoms with Crippen molar-refractivity contribution in [1.29, 1.82) is 0 Å². The van der Waals surface area contributed by atoms with Crippen LogP contribution in [0.15, 0.2) is 12.3 Å². The topological polar surface area (TPSA) is 65.2 Å². The molecule has 0 aliphatic carbocycles. The van der Waals surface area contributed by atoms with Gasteiger partial charge < -0.3 is 10.5 Å². The van der Waals surface area contributed by atoms with Crippen LogP contribution in [-0.4, -0.2) is 16.6 Å². The highest BCUT2D eigenvalue weighted by molar-refractivity contribution is 6.68. The number of halogens is 4. The average molecular weight is 241 g/mol. The lowest BCUT2D eigenvalue weighted by Gasteiger charge is -2.08. The number of hydrogen-bond acceptors (Lipinski definition) is 4. The minimum atomic E-state index is -4.88. The molecule has 4 nitrogen and oxygen atoms in total. The summed E-state index contributed by atoms with van der Waals surface area (Å²) in [6.45, 7) is 0. The van der Waals surface area contributed by atoms with Crippen LogP contribution in [0, 0.1) is 0 Å². The summed E-state index contributed by atoms with van der Waals surface area (Å²) in [6, 6.07) is 0.720. The number of nitrogen functional groups attached to an aromatic ring is 1. The number of rotatable bonds is 2. The molecular weight excluding hydrogens is 237 g/mol. The Kier molecular flexibility index (Phi) is 3.04. The SMILES string of the molecule is Nc1cnc(OC(F)(F)F)cc1C(=O)Cl. The number of ether oxygens (including phenoxy) is 1. The molecule has 0 saturated carbocycles. The van der Waals surface area contributed by atoms with Gasteiger partial charge in [-0.3, -0.25) is 4.79 Å². The van der Waals surface area contributed by atoms with E-state index in [-0.39, 0.29) is 11.3 Å². The van der Waals surface area contributed by atoms with E-state index in [4.69, 9.17) is 17.3 Å². The highest BCUT2D eigenvalue weighted by Crippen LogP contribution is 2.24. The van der Waals surface area contributed by atoms with Crippen molar-refractivity contribution >= 4 is 22.5 Å². The Morgan fingerprint density at radius 3 is 2.60 bits per heavy atom. The molecular formula is C7H4ClF3N2O2. The zero-order valence-electron chi connectivity index (χ0n) is 7.01. The second kappa shape index (κ2) is 3.93. The minimum Gasteiger partial charge on any atom is -0.397 e. The Bertz CT molecular complexity index is 394. The molecule has 0 aliphatic heterocycles.